The molecule has 3 heterocycles. The molecule has 1 aliphatic carbocycles. The summed E-state index contributed by atoms with van der Waals surface area (Å²) in [5.41, 5.74) is 4.99. The standard InChI is InChI=1S/C21H23N3OS/c1-13-5-7-14(8-6-13)19-18-16-3-2-4-17(16)26-20(18)23-21(22-19)24-11-9-15(25)10-12-24/h5-8,15,25H,2-4,9-12H2,1H3. The molecule has 0 spiro atoms. The van der Waals surface area contributed by atoms with Crippen molar-refractivity contribution in [2.45, 2.75) is 45.1 Å². The Balaban J connectivity index is 1.68. The zero-order valence-electron chi connectivity index (χ0n) is 15.0. The van der Waals surface area contributed by atoms with Crippen molar-refractivity contribution in [3.63, 3.8) is 0 Å². The number of aliphatic hydroxyl groups excluding tert-OH is 1. The third-order valence-corrected chi connectivity index (χ3v) is 6.81. The van der Waals surface area contributed by atoms with Gasteiger partial charge in [0.25, 0.3) is 0 Å². The van der Waals surface area contributed by atoms with E-state index in [0.717, 1.165) is 48.8 Å². The molecule has 0 unspecified atom stereocenters. The predicted octanol–water partition coefficient (Wildman–Crippen LogP) is 4.12. The number of aryl methyl sites for hydroxylation is 3. The van der Waals surface area contributed by atoms with Crippen molar-refractivity contribution in [3.8, 4) is 11.3 Å². The van der Waals surface area contributed by atoms with Gasteiger partial charge in [-0.15, -0.1) is 11.3 Å². The summed E-state index contributed by atoms with van der Waals surface area (Å²) in [6.07, 6.45) is 4.97. The molecular weight excluding hydrogens is 342 g/mol. The van der Waals surface area contributed by atoms with Crippen molar-refractivity contribution in [3.05, 3.63) is 40.3 Å². The van der Waals surface area contributed by atoms with E-state index in [1.807, 2.05) is 11.3 Å². The van der Waals surface area contributed by atoms with Crippen LogP contribution in [0.25, 0.3) is 21.5 Å². The van der Waals surface area contributed by atoms with Crippen molar-refractivity contribution in [1.29, 1.82) is 0 Å². The first-order valence-corrected chi connectivity index (χ1v) is 10.3. The number of aliphatic hydroxyl groups is 1. The summed E-state index contributed by atoms with van der Waals surface area (Å²) < 4.78 is 0. The zero-order valence-corrected chi connectivity index (χ0v) is 15.9. The van der Waals surface area contributed by atoms with Crippen molar-refractivity contribution in [2.75, 3.05) is 18.0 Å². The summed E-state index contributed by atoms with van der Waals surface area (Å²) in [6, 6.07) is 8.68. The fraction of sp³-hybridized carbons (Fsp3) is 0.429. The number of nitrogens with zero attached hydrogens (tertiary/aromatic N) is 3. The Morgan fingerprint density at radius 3 is 2.62 bits per heavy atom. The second kappa shape index (κ2) is 6.32. The molecule has 134 valence electrons. The van der Waals surface area contributed by atoms with Gasteiger partial charge in [0.15, 0.2) is 0 Å². The van der Waals surface area contributed by atoms with E-state index in [0.29, 0.717) is 0 Å². The first-order chi connectivity index (χ1) is 12.7. The van der Waals surface area contributed by atoms with Crippen molar-refractivity contribution >= 4 is 27.5 Å². The maximum atomic E-state index is 9.82. The minimum atomic E-state index is -0.183. The fourth-order valence-electron chi connectivity index (χ4n) is 4.11. The van der Waals surface area contributed by atoms with Gasteiger partial charge in [0.05, 0.1) is 11.8 Å². The molecule has 3 aromatic rings. The first-order valence-electron chi connectivity index (χ1n) is 9.51. The maximum absolute atomic E-state index is 9.82. The van der Waals surface area contributed by atoms with E-state index < -0.39 is 0 Å². The van der Waals surface area contributed by atoms with Gasteiger partial charge in [0.2, 0.25) is 5.95 Å². The van der Waals surface area contributed by atoms with E-state index in [1.54, 1.807) is 0 Å². The van der Waals surface area contributed by atoms with Gasteiger partial charge in [0.1, 0.15) is 4.83 Å². The molecule has 1 aliphatic heterocycles. The van der Waals surface area contributed by atoms with Crippen LogP contribution in [0.15, 0.2) is 24.3 Å². The molecule has 26 heavy (non-hydrogen) atoms. The Labute approximate surface area is 157 Å². The molecule has 5 rings (SSSR count). The third-order valence-electron chi connectivity index (χ3n) is 5.63. The van der Waals surface area contributed by atoms with Crippen LogP contribution < -0.4 is 4.90 Å². The SMILES string of the molecule is Cc1ccc(-c2nc(N3CCC(O)CC3)nc3sc4c(c23)CCC4)cc1. The molecule has 0 bridgehead atoms. The summed E-state index contributed by atoms with van der Waals surface area (Å²) in [4.78, 5) is 14.8. The van der Waals surface area contributed by atoms with Gasteiger partial charge in [-0.3, -0.25) is 0 Å². The van der Waals surface area contributed by atoms with E-state index in [2.05, 4.69) is 36.1 Å². The Hall–Kier alpha value is -1.98. The minimum Gasteiger partial charge on any atom is -0.393 e. The lowest BCUT2D eigenvalue weighted by Crippen LogP contribution is -2.36. The van der Waals surface area contributed by atoms with Crippen LogP contribution in [-0.2, 0) is 12.8 Å². The van der Waals surface area contributed by atoms with Crippen LogP contribution in [-0.4, -0.2) is 34.3 Å². The highest BCUT2D eigenvalue weighted by Gasteiger charge is 2.25. The van der Waals surface area contributed by atoms with Gasteiger partial charge in [-0.1, -0.05) is 29.8 Å². The molecule has 0 saturated carbocycles. The number of anilines is 1. The number of fused-ring (bicyclic) bond motifs is 3. The molecule has 2 aliphatic rings. The smallest absolute Gasteiger partial charge is 0.227 e. The highest BCUT2D eigenvalue weighted by molar-refractivity contribution is 7.19. The molecule has 0 radical (unpaired) electrons. The van der Waals surface area contributed by atoms with Gasteiger partial charge >= 0.3 is 0 Å². The summed E-state index contributed by atoms with van der Waals surface area (Å²) in [5, 5.41) is 11.1. The Morgan fingerprint density at radius 1 is 1.08 bits per heavy atom. The quantitative estimate of drug-likeness (QED) is 0.742. The van der Waals surface area contributed by atoms with Gasteiger partial charge in [-0.2, -0.15) is 0 Å². The largest absolute Gasteiger partial charge is 0.393 e. The average Bonchev–Trinajstić information content (AvgIpc) is 3.23. The molecular formula is C21H23N3OS. The number of benzene rings is 1. The lowest BCUT2D eigenvalue weighted by molar-refractivity contribution is 0.145. The number of aromatic nitrogens is 2. The number of hydrogen-bond donors (Lipinski definition) is 1. The number of hydrogen-bond acceptors (Lipinski definition) is 5. The third kappa shape index (κ3) is 2.70. The Bertz CT molecular complexity index is 956. The molecule has 1 saturated heterocycles. The van der Waals surface area contributed by atoms with Crippen LogP contribution in [0.4, 0.5) is 5.95 Å². The second-order valence-electron chi connectivity index (χ2n) is 7.49. The zero-order chi connectivity index (χ0) is 17.7. The first kappa shape index (κ1) is 16.2. The summed E-state index contributed by atoms with van der Waals surface area (Å²) in [5.74, 6) is 0.819. The summed E-state index contributed by atoms with van der Waals surface area (Å²) in [7, 11) is 0. The minimum absolute atomic E-state index is 0.183. The summed E-state index contributed by atoms with van der Waals surface area (Å²) >= 11 is 1.85. The number of thiophene rings is 1. The van der Waals surface area contributed by atoms with E-state index in [1.165, 1.54) is 39.8 Å². The Kier molecular flexibility index (Phi) is 3.94. The molecule has 1 fully saturated rings. The molecule has 1 N–H and O–H groups in total. The van der Waals surface area contributed by atoms with Crippen LogP contribution >= 0.6 is 11.3 Å². The summed E-state index contributed by atoms with van der Waals surface area (Å²) in [6.45, 7) is 3.77. The van der Waals surface area contributed by atoms with Crippen molar-refractivity contribution in [1.82, 2.24) is 9.97 Å². The normalized spacial score (nSPS) is 17.8. The molecule has 0 atom stereocenters. The van der Waals surface area contributed by atoms with Crippen LogP contribution in [0, 0.1) is 6.92 Å². The van der Waals surface area contributed by atoms with Crippen LogP contribution in [0.5, 0.6) is 0 Å². The van der Waals surface area contributed by atoms with Crippen LogP contribution in [0.2, 0.25) is 0 Å². The highest BCUT2D eigenvalue weighted by Crippen LogP contribution is 2.41. The second-order valence-corrected chi connectivity index (χ2v) is 8.58. The van der Waals surface area contributed by atoms with Gasteiger partial charge < -0.3 is 10.0 Å². The monoisotopic (exact) mass is 365 g/mol. The topological polar surface area (TPSA) is 49.2 Å². The molecule has 1 aromatic carbocycles. The molecule has 5 heteroatoms. The van der Waals surface area contributed by atoms with E-state index >= 15 is 0 Å². The molecule has 0 amide bonds. The van der Waals surface area contributed by atoms with Crippen LogP contribution in [0.1, 0.15) is 35.3 Å². The van der Waals surface area contributed by atoms with E-state index in [9.17, 15) is 5.11 Å². The van der Waals surface area contributed by atoms with Crippen molar-refractivity contribution in [2.24, 2.45) is 0 Å². The van der Waals surface area contributed by atoms with Crippen molar-refractivity contribution < 1.29 is 5.11 Å². The van der Waals surface area contributed by atoms with Gasteiger partial charge in [-0.25, -0.2) is 9.97 Å². The number of piperidine rings is 1. The molecule has 2 aromatic heterocycles. The van der Waals surface area contributed by atoms with Gasteiger partial charge in [-0.05, 0) is 44.6 Å². The lowest BCUT2D eigenvalue weighted by atomic mass is 10.0. The molecule has 4 nitrogen and oxygen atoms in total. The fourth-order valence-corrected chi connectivity index (χ4v) is 5.37. The maximum Gasteiger partial charge on any atom is 0.227 e. The highest BCUT2D eigenvalue weighted by atomic mass is 32.1. The average molecular weight is 366 g/mol. The van der Waals surface area contributed by atoms with E-state index in [4.69, 9.17) is 9.97 Å². The van der Waals surface area contributed by atoms with Gasteiger partial charge in [0, 0.05) is 28.9 Å². The lowest BCUT2D eigenvalue weighted by Gasteiger charge is -2.29. The van der Waals surface area contributed by atoms with Crippen LogP contribution in [0.3, 0.4) is 0 Å². The Morgan fingerprint density at radius 2 is 1.85 bits per heavy atom. The van der Waals surface area contributed by atoms with E-state index in [-0.39, 0.29) is 6.10 Å². The predicted molar refractivity (Wildman–Crippen MR) is 107 cm³/mol. The number of rotatable bonds is 2.